The molecule has 0 aromatic carbocycles. The molecule has 23 heavy (non-hydrogen) atoms. The van der Waals surface area contributed by atoms with Gasteiger partial charge < -0.3 is 13.3 Å². The quantitative estimate of drug-likeness (QED) is 0.258. The van der Waals surface area contributed by atoms with E-state index < -0.39 is 8.80 Å². The van der Waals surface area contributed by atoms with Crippen LogP contribution in [0.3, 0.4) is 0 Å². The molecule has 0 saturated carbocycles. The monoisotopic (exact) mass is 364 g/mol. The molecule has 0 aromatic heterocycles. The van der Waals surface area contributed by atoms with Gasteiger partial charge in [-0.05, 0) is 50.1 Å². The Kier molecular flexibility index (Phi) is 15.2. The fourth-order valence-electron chi connectivity index (χ4n) is 2.87. The summed E-state index contributed by atoms with van der Waals surface area (Å²) in [5.41, 5.74) is 0. The van der Waals surface area contributed by atoms with Gasteiger partial charge in [0.2, 0.25) is 0 Å². The Labute approximate surface area is 148 Å². The summed E-state index contributed by atoms with van der Waals surface area (Å²) < 4.78 is 16.5. The van der Waals surface area contributed by atoms with E-state index in [0.29, 0.717) is 0 Å². The van der Waals surface area contributed by atoms with E-state index in [1.807, 2.05) is 0 Å². The normalized spacial score (nSPS) is 13.7. The smallest absolute Gasteiger partial charge is 0.377 e. The summed E-state index contributed by atoms with van der Waals surface area (Å²) in [6.07, 6.45) is 13.8. The third-order valence-corrected chi connectivity index (χ3v) is 10.3. The lowest BCUT2D eigenvalue weighted by molar-refractivity contribution is 0.122. The molecule has 0 aliphatic rings. The zero-order chi connectivity index (χ0) is 17.6. The van der Waals surface area contributed by atoms with E-state index in [1.54, 1.807) is 21.3 Å². The molecule has 0 rings (SSSR count). The second-order valence-corrected chi connectivity index (χ2v) is 12.4. The van der Waals surface area contributed by atoms with Gasteiger partial charge in [-0.1, -0.05) is 40.0 Å². The topological polar surface area (TPSA) is 27.7 Å². The summed E-state index contributed by atoms with van der Waals surface area (Å²) in [6, 6.07) is 0.932. The Hall–Kier alpha value is 0.527. The second kappa shape index (κ2) is 14.8. The summed E-state index contributed by atoms with van der Waals surface area (Å²) in [4.78, 5) is 0. The third kappa shape index (κ3) is 10.9. The summed E-state index contributed by atoms with van der Waals surface area (Å²) in [5, 5.41) is 0. The highest BCUT2D eigenvalue weighted by atomic mass is 31.1. The summed E-state index contributed by atoms with van der Waals surface area (Å²) in [5.74, 6) is 0.806. The van der Waals surface area contributed by atoms with Crippen LogP contribution in [0.1, 0.15) is 65.7 Å². The molecule has 0 saturated heterocycles. The van der Waals surface area contributed by atoms with E-state index in [4.69, 9.17) is 13.3 Å². The Morgan fingerprint density at radius 1 is 0.783 bits per heavy atom. The van der Waals surface area contributed by atoms with Crippen LogP contribution in [0.25, 0.3) is 0 Å². The van der Waals surface area contributed by atoms with E-state index in [2.05, 4.69) is 20.8 Å². The zero-order valence-corrected chi connectivity index (χ0v) is 18.4. The molecule has 0 spiro atoms. The lowest BCUT2D eigenvalue weighted by atomic mass is 10.0. The predicted octanol–water partition coefficient (Wildman–Crippen LogP) is 5.75. The van der Waals surface area contributed by atoms with E-state index in [-0.39, 0.29) is 7.92 Å². The Morgan fingerprint density at radius 3 is 1.74 bits per heavy atom. The predicted molar refractivity (Wildman–Crippen MR) is 106 cm³/mol. The van der Waals surface area contributed by atoms with Crippen molar-refractivity contribution in [3.63, 3.8) is 0 Å². The van der Waals surface area contributed by atoms with Gasteiger partial charge in [-0.2, -0.15) is 0 Å². The van der Waals surface area contributed by atoms with Crippen LogP contribution in [0.5, 0.6) is 0 Å². The van der Waals surface area contributed by atoms with E-state index >= 15 is 0 Å². The average molecular weight is 365 g/mol. The van der Waals surface area contributed by atoms with Gasteiger partial charge in [-0.25, -0.2) is 0 Å². The lowest BCUT2D eigenvalue weighted by Crippen LogP contribution is -2.42. The Balaban J connectivity index is 4.03. The molecule has 3 nitrogen and oxygen atoms in total. The number of rotatable bonds is 16. The molecule has 0 fully saturated rings. The van der Waals surface area contributed by atoms with Crippen LogP contribution in [0.4, 0.5) is 0 Å². The first-order valence-electron chi connectivity index (χ1n) is 9.45. The zero-order valence-electron chi connectivity index (χ0n) is 16.5. The minimum Gasteiger partial charge on any atom is -0.377 e. The maximum absolute atomic E-state index is 5.50. The molecular formula is C18H41O3PSi. The molecule has 0 amide bonds. The summed E-state index contributed by atoms with van der Waals surface area (Å²) >= 11 is 0. The Bertz CT molecular complexity index is 246. The first-order valence-corrected chi connectivity index (χ1v) is 13.3. The molecule has 0 radical (unpaired) electrons. The van der Waals surface area contributed by atoms with Crippen molar-refractivity contribution in [2.75, 3.05) is 39.8 Å². The molecule has 0 N–H and O–H groups in total. The number of hydrogen-bond acceptors (Lipinski definition) is 3. The van der Waals surface area contributed by atoms with E-state index in [0.717, 1.165) is 18.4 Å². The standard InChI is InChI=1S/C18H41O3PSi/c1-7-9-14-22(15-10-8-2)16-13-18(3)12-11-17-23(19-4,20-5)21-6/h18H,7-17H2,1-6H3. The molecule has 1 atom stereocenters. The van der Waals surface area contributed by atoms with Crippen molar-refractivity contribution in [3.8, 4) is 0 Å². The van der Waals surface area contributed by atoms with E-state index in [1.165, 1.54) is 57.0 Å². The highest BCUT2D eigenvalue weighted by Crippen LogP contribution is 2.39. The van der Waals surface area contributed by atoms with Crippen molar-refractivity contribution in [3.05, 3.63) is 0 Å². The summed E-state index contributed by atoms with van der Waals surface area (Å²) in [6.45, 7) is 7.03. The molecule has 0 heterocycles. The first kappa shape index (κ1) is 23.5. The van der Waals surface area contributed by atoms with Crippen molar-refractivity contribution in [2.45, 2.75) is 71.8 Å². The van der Waals surface area contributed by atoms with Gasteiger partial charge in [-0.3, -0.25) is 0 Å². The molecule has 140 valence electrons. The van der Waals surface area contributed by atoms with Gasteiger partial charge in [0.05, 0.1) is 0 Å². The minimum absolute atomic E-state index is 0.283. The molecular weight excluding hydrogens is 323 g/mol. The fraction of sp³-hybridized carbons (Fsp3) is 1.00. The highest BCUT2D eigenvalue weighted by Gasteiger charge is 2.36. The van der Waals surface area contributed by atoms with Gasteiger partial charge in [0.1, 0.15) is 0 Å². The second-order valence-electron chi connectivity index (χ2n) is 6.63. The van der Waals surface area contributed by atoms with Gasteiger partial charge in [0.25, 0.3) is 0 Å². The molecule has 5 heteroatoms. The summed E-state index contributed by atoms with van der Waals surface area (Å²) in [7, 11) is 3.04. The largest absolute Gasteiger partial charge is 0.500 e. The maximum Gasteiger partial charge on any atom is 0.500 e. The van der Waals surface area contributed by atoms with Crippen molar-refractivity contribution < 1.29 is 13.3 Å². The Morgan fingerprint density at radius 2 is 1.30 bits per heavy atom. The number of hydrogen-bond donors (Lipinski definition) is 0. The van der Waals surface area contributed by atoms with E-state index in [9.17, 15) is 0 Å². The van der Waals surface area contributed by atoms with Crippen molar-refractivity contribution in [1.29, 1.82) is 0 Å². The van der Waals surface area contributed by atoms with Crippen LogP contribution in [-0.2, 0) is 13.3 Å². The van der Waals surface area contributed by atoms with Gasteiger partial charge in [-0.15, -0.1) is 7.92 Å². The van der Waals surface area contributed by atoms with Crippen LogP contribution in [0, 0.1) is 5.92 Å². The highest BCUT2D eigenvalue weighted by molar-refractivity contribution is 7.57. The molecule has 1 unspecified atom stereocenters. The van der Waals surface area contributed by atoms with Crippen LogP contribution in [-0.4, -0.2) is 48.6 Å². The van der Waals surface area contributed by atoms with Gasteiger partial charge in [0.15, 0.2) is 0 Å². The maximum atomic E-state index is 5.50. The van der Waals surface area contributed by atoms with Crippen LogP contribution in [0.15, 0.2) is 0 Å². The van der Waals surface area contributed by atoms with Gasteiger partial charge in [0, 0.05) is 27.4 Å². The SMILES string of the molecule is CCCCP(CCCC)CCC(C)CCC[Si](OC)(OC)OC. The fourth-order valence-corrected chi connectivity index (χ4v) is 7.62. The lowest BCUT2D eigenvalue weighted by Gasteiger charge is -2.25. The molecule has 0 aliphatic carbocycles. The van der Waals surface area contributed by atoms with Gasteiger partial charge >= 0.3 is 8.80 Å². The van der Waals surface area contributed by atoms with Crippen molar-refractivity contribution in [2.24, 2.45) is 5.92 Å². The molecule has 0 aromatic rings. The van der Waals surface area contributed by atoms with Crippen molar-refractivity contribution >= 4 is 16.7 Å². The van der Waals surface area contributed by atoms with Crippen LogP contribution in [0.2, 0.25) is 6.04 Å². The molecule has 0 aliphatic heterocycles. The van der Waals surface area contributed by atoms with Crippen LogP contribution < -0.4 is 0 Å². The van der Waals surface area contributed by atoms with Crippen molar-refractivity contribution in [1.82, 2.24) is 0 Å². The number of unbranched alkanes of at least 4 members (excludes halogenated alkanes) is 2. The average Bonchev–Trinajstić information content (AvgIpc) is 2.58. The minimum atomic E-state index is -2.36. The third-order valence-electron chi connectivity index (χ3n) is 4.71. The molecule has 0 bridgehead atoms. The van der Waals surface area contributed by atoms with Crippen LogP contribution >= 0.6 is 7.92 Å². The first-order chi connectivity index (χ1) is 11.1.